The molecule has 1 aromatic heterocycles. The van der Waals surface area contributed by atoms with Gasteiger partial charge in [-0.05, 0) is 64.9 Å². The van der Waals surface area contributed by atoms with E-state index in [-0.39, 0.29) is 41.6 Å². The molecule has 3 atom stereocenters. The first-order valence-electron chi connectivity index (χ1n) is 11.4. The Bertz CT molecular complexity index is 1230. The van der Waals surface area contributed by atoms with Crippen LogP contribution in [0.3, 0.4) is 0 Å². The normalized spacial score (nSPS) is 25.1. The fraction of sp³-hybridized carbons (Fsp3) is 0.478. The molecule has 2 saturated heterocycles. The Morgan fingerprint density at radius 2 is 1.83 bits per heavy atom. The highest BCUT2D eigenvalue weighted by atomic mass is 79.9. The van der Waals surface area contributed by atoms with Crippen LogP contribution < -0.4 is 10.2 Å². The van der Waals surface area contributed by atoms with Crippen molar-refractivity contribution >= 4 is 43.4 Å². The number of nitrogens with one attached hydrogen (secondary N) is 1. The number of sulfonamides is 1. The summed E-state index contributed by atoms with van der Waals surface area (Å²) in [7, 11) is -3.93. The van der Waals surface area contributed by atoms with Gasteiger partial charge < -0.3 is 10.2 Å². The van der Waals surface area contributed by atoms with Crippen molar-refractivity contribution in [3.8, 4) is 0 Å². The first-order valence-corrected chi connectivity index (χ1v) is 13.6. The van der Waals surface area contributed by atoms with Crippen molar-refractivity contribution in [1.29, 1.82) is 0 Å². The van der Waals surface area contributed by atoms with Crippen molar-refractivity contribution in [3.05, 3.63) is 46.8 Å². The highest BCUT2D eigenvalue weighted by molar-refractivity contribution is 9.10. The van der Waals surface area contributed by atoms with Gasteiger partial charge in [-0.1, -0.05) is 6.07 Å². The van der Waals surface area contributed by atoms with Gasteiger partial charge in [-0.3, -0.25) is 4.79 Å². The maximum Gasteiger partial charge on any atom is 0.246 e. The lowest BCUT2D eigenvalue weighted by Gasteiger charge is -2.33. The van der Waals surface area contributed by atoms with Gasteiger partial charge in [0, 0.05) is 54.4 Å². The third-order valence-electron chi connectivity index (χ3n) is 7.19. The third-order valence-corrected chi connectivity index (χ3v) is 9.46. The number of benzene rings is 1. The van der Waals surface area contributed by atoms with Crippen molar-refractivity contribution in [1.82, 2.24) is 9.29 Å². The number of alkyl halides is 2. The van der Waals surface area contributed by atoms with E-state index < -0.39 is 28.2 Å². The Morgan fingerprint density at radius 3 is 2.46 bits per heavy atom. The van der Waals surface area contributed by atoms with Crippen molar-refractivity contribution in [2.24, 2.45) is 23.7 Å². The molecule has 3 fully saturated rings. The zero-order valence-corrected chi connectivity index (χ0v) is 21.0. The molecular weight excluding hydrogens is 549 g/mol. The standard InChI is InChI=1S/C23H24BrF3N4O3S/c24-14-8-19(35(33,34)31-11-17-18(12-31)20(17)21(26)27)22(28-10-14)30-6-4-13(5-7-30)23(32)29-16-3-1-2-15(25)9-16/h1-3,8-10,13,17-18,20-21H,4-7,11-12H2,(H,29,32)/t17-,18+,20?. The summed E-state index contributed by atoms with van der Waals surface area (Å²) in [5, 5.41) is 2.73. The van der Waals surface area contributed by atoms with Crippen LogP contribution in [0.15, 0.2) is 45.9 Å². The van der Waals surface area contributed by atoms with Gasteiger partial charge in [0.05, 0.1) is 0 Å². The number of piperidine rings is 2. The van der Waals surface area contributed by atoms with Crippen LogP contribution in [0.4, 0.5) is 24.7 Å². The minimum absolute atomic E-state index is 0.0319. The Balaban J connectivity index is 1.27. The number of hydrogen-bond acceptors (Lipinski definition) is 5. The molecule has 5 rings (SSSR count). The number of carbonyl (C=O) groups excluding carboxylic acids is 1. The average molecular weight is 573 g/mol. The molecule has 2 aromatic rings. The van der Waals surface area contributed by atoms with Gasteiger partial charge in [0.1, 0.15) is 16.5 Å². The predicted molar refractivity (Wildman–Crippen MR) is 127 cm³/mol. The summed E-state index contributed by atoms with van der Waals surface area (Å²) in [6.07, 6.45) is 0.0491. The first kappa shape index (κ1) is 24.5. The monoisotopic (exact) mass is 572 g/mol. The molecule has 0 spiro atoms. The molecule has 3 aliphatic rings. The van der Waals surface area contributed by atoms with Gasteiger partial charge in [0.25, 0.3) is 0 Å². The van der Waals surface area contributed by atoms with Gasteiger partial charge in [-0.2, -0.15) is 4.31 Å². The number of nitrogens with zero attached hydrogens (tertiary/aromatic N) is 3. The molecule has 2 aliphatic heterocycles. The van der Waals surface area contributed by atoms with E-state index in [1.54, 1.807) is 6.07 Å². The van der Waals surface area contributed by atoms with Crippen LogP contribution in [0, 0.1) is 29.5 Å². The number of aromatic nitrogens is 1. The number of rotatable bonds is 6. The summed E-state index contributed by atoms with van der Waals surface area (Å²) in [5.41, 5.74) is 0.387. The number of anilines is 2. The van der Waals surface area contributed by atoms with Crippen LogP contribution in [0.5, 0.6) is 0 Å². The molecule has 12 heteroatoms. The number of amides is 1. The van der Waals surface area contributed by atoms with Gasteiger partial charge in [-0.25, -0.2) is 26.6 Å². The predicted octanol–water partition coefficient (Wildman–Crippen LogP) is 3.97. The molecule has 188 valence electrons. The fourth-order valence-corrected chi connectivity index (χ4v) is 7.43. The summed E-state index contributed by atoms with van der Waals surface area (Å²) >= 11 is 3.29. The molecular formula is C23H24BrF3N4O3S. The molecule has 1 amide bonds. The Labute approximate surface area is 209 Å². The summed E-state index contributed by atoms with van der Waals surface area (Å²) < 4.78 is 68.2. The Kier molecular flexibility index (Phi) is 6.56. The lowest BCUT2D eigenvalue weighted by atomic mass is 9.95. The molecule has 0 bridgehead atoms. The van der Waals surface area contributed by atoms with Crippen molar-refractivity contribution in [3.63, 3.8) is 0 Å². The van der Waals surface area contributed by atoms with Crippen molar-refractivity contribution in [2.45, 2.75) is 24.2 Å². The summed E-state index contributed by atoms with van der Waals surface area (Å²) in [6.45, 7) is 1.01. The highest BCUT2D eigenvalue weighted by Crippen LogP contribution is 2.55. The van der Waals surface area contributed by atoms with Gasteiger partial charge >= 0.3 is 0 Å². The number of carbonyl (C=O) groups is 1. The minimum atomic E-state index is -3.93. The molecule has 1 N–H and O–H groups in total. The van der Waals surface area contributed by atoms with E-state index in [1.807, 2.05) is 4.90 Å². The largest absolute Gasteiger partial charge is 0.355 e. The van der Waals surface area contributed by atoms with E-state index in [0.29, 0.717) is 41.9 Å². The first-order chi connectivity index (χ1) is 16.6. The Morgan fingerprint density at radius 1 is 1.14 bits per heavy atom. The van der Waals surface area contributed by atoms with Crippen LogP contribution in [-0.4, -0.2) is 56.2 Å². The molecule has 35 heavy (non-hydrogen) atoms. The SMILES string of the molecule is O=C(Nc1cccc(F)c1)C1CCN(c2ncc(Br)cc2S(=O)(=O)N2C[C@@H]3C(C(F)F)[C@@H]3C2)CC1. The maximum absolute atomic E-state index is 13.5. The number of fused-ring (bicyclic) bond motifs is 1. The second-order valence-corrected chi connectivity index (χ2v) is 12.1. The molecule has 0 radical (unpaired) electrons. The molecule has 1 aromatic carbocycles. The summed E-state index contributed by atoms with van der Waals surface area (Å²) in [4.78, 5) is 18.9. The lowest BCUT2D eigenvalue weighted by Crippen LogP contribution is -2.40. The highest BCUT2D eigenvalue weighted by Gasteiger charge is 2.61. The molecule has 7 nitrogen and oxygen atoms in total. The zero-order valence-electron chi connectivity index (χ0n) is 18.6. The van der Waals surface area contributed by atoms with E-state index in [0.717, 1.165) is 0 Å². The molecule has 3 heterocycles. The van der Waals surface area contributed by atoms with Gasteiger partial charge in [-0.15, -0.1) is 0 Å². The van der Waals surface area contributed by atoms with Crippen molar-refractivity contribution < 1.29 is 26.4 Å². The maximum atomic E-state index is 13.5. The van der Waals surface area contributed by atoms with Crippen LogP contribution in [0.1, 0.15) is 12.8 Å². The third kappa shape index (κ3) is 4.79. The second kappa shape index (κ2) is 9.36. The van der Waals surface area contributed by atoms with Crippen LogP contribution in [-0.2, 0) is 14.8 Å². The van der Waals surface area contributed by atoms with E-state index in [4.69, 9.17) is 0 Å². The smallest absolute Gasteiger partial charge is 0.246 e. The topological polar surface area (TPSA) is 82.6 Å². The minimum Gasteiger partial charge on any atom is -0.355 e. The van der Waals surface area contributed by atoms with Crippen LogP contribution in [0.25, 0.3) is 0 Å². The second-order valence-electron chi connectivity index (χ2n) is 9.30. The van der Waals surface area contributed by atoms with E-state index in [9.17, 15) is 26.4 Å². The molecule has 1 saturated carbocycles. The van der Waals surface area contributed by atoms with E-state index >= 15 is 0 Å². The number of pyridine rings is 1. The van der Waals surface area contributed by atoms with E-state index in [2.05, 4.69) is 26.2 Å². The lowest BCUT2D eigenvalue weighted by molar-refractivity contribution is -0.120. The van der Waals surface area contributed by atoms with Crippen LogP contribution >= 0.6 is 15.9 Å². The Hall–Kier alpha value is -2.18. The number of halogens is 4. The number of hydrogen-bond donors (Lipinski definition) is 1. The van der Waals surface area contributed by atoms with E-state index in [1.165, 1.54) is 34.8 Å². The van der Waals surface area contributed by atoms with Crippen LogP contribution in [0.2, 0.25) is 0 Å². The van der Waals surface area contributed by atoms with Gasteiger partial charge in [0.2, 0.25) is 22.4 Å². The van der Waals surface area contributed by atoms with Gasteiger partial charge in [0.15, 0.2) is 0 Å². The molecule has 1 unspecified atom stereocenters. The zero-order chi connectivity index (χ0) is 24.9. The van der Waals surface area contributed by atoms with Crippen molar-refractivity contribution in [2.75, 3.05) is 36.4 Å². The fourth-order valence-electron chi connectivity index (χ4n) is 5.25. The summed E-state index contributed by atoms with van der Waals surface area (Å²) in [5.74, 6) is -1.95. The quantitative estimate of drug-likeness (QED) is 0.566. The summed E-state index contributed by atoms with van der Waals surface area (Å²) in [6, 6.07) is 7.18. The average Bonchev–Trinajstić information content (AvgIpc) is 3.33. The molecule has 1 aliphatic carbocycles.